The van der Waals surface area contributed by atoms with E-state index in [1.807, 2.05) is 0 Å². The Hall–Kier alpha value is -0.610. The second-order valence-corrected chi connectivity index (χ2v) is 3.06. The summed E-state index contributed by atoms with van der Waals surface area (Å²) in [6, 6.07) is 0. The number of aliphatic carboxylic acids is 1. The summed E-state index contributed by atoms with van der Waals surface area (Å²) >= 11 is 0. The fourth-order valence-electron chi connectivity index (χ4n) is 1.02. The number of hydrogen-bond acceptors (Lipinski definition) is 3. The molecule has 0 saturated heterocycles. The predicted molar refractivity (Wildman–Crippen MR) is 47.8 cm³/mol. The van der Waals surface area contributed by atoms with Crippen molar-refractivity contribution in [1.29, 1.82) is 0 Å². The van der Waals surface area contributed by atoms with Gasteiger partial charge in [-0.3, -0.25) is 4.79 Å². The largest absolute Gasteiger partial charge is 0.480 e. The molecule has 0 radical (unpaired) electrons. The van der Waals surface area contributed by atoms with Gasteiger partial charge in [-0.2, -0.15) is 0 Å². The van der Waals surface area contributed by atoms with Crippen molar-refractivity contribution in [1.82, 2.24) is 0 Å². The van der Waals surface area contributed by atoms with Crippen molar-refractivity contribution in [3.63, 3.8) is 0 Å². The quantitative estimate of drug-likeness (QED) is 0.505. The maximum Gasteiger partial charge on any atom is 0.323 e. The molecular formula is C8H18N2O2. The van der Waals surface area contributed by atoms with Gasteiger partial charge in [0.15, 0.2) is 0 Å². The normalized spacial score (nSPS) is 15.6. The van der Waals surface area contributed by atoms with Gasteiger partial charge in [0.1, 0.15) is 5.54 Å². The van der Waals surface area contributed by atoms with E-state index in [9.17, 15) is 4.79 Å². The van der Waals surface area contributed by atoms with Crippen LogP contribution in [0.2, 0.25) is 0 Å². The second kappa shape index (κ2) is 5.11. The van der Waals surface area contributed by atoms with Crippen LogP contribution in [-0.4, -0.2) is 23.2 Å². The monoisotopic (exact) mass is 174 g/mol. The van der Waals surface area contributed by atoms with Crippen LogP contribution in [0.4, 0.5) is 0 Å². The molecule has 0 spiro atoms. The van der Waals surface area contributed by atoms with Gasteiger partial charge in [0.2, 0.25) is 0 Å². The Balaban J connectivity index is 3.88. The lowest BCUT2D eigenvalue weighted by Crippen LogP contribution is -2.47. The zero-order valence-corrected chi connectivity index (χ0v) is 7.55. The molecule has 0 aliphatic carbocycles. The molecule has 1 atom stereocenters. The number of hydrogen-bond donors (Lipinski definition) is 3. The Morgan fingerprint density at radius 3 is 2.42 bits per heavy atom. The Kier molecular flexibility index (Phi) is 4.85. The molecule has 0 aromatic carbocycles. The van der Waals surface area contributed by atoms with E-state index in [-0.39, 0.29) is 0 Å². The summed E-state index contributed by atoms with van der Waals surface area (Å²) in [6.45, 7) is 2.38. The van der Waals surface area contributed by atoms with Crippen molar-refractivity contribution in [2.75, 3.05) is 6.54 Å². The first-order chi connectivity index (χ1) is 5.56. The van der Waals surface area contributed by atoms with E-state index in [1.54, 1.807) is 6.92 Å². The Labute approximate surface area is 72.9 Å². The molecule has 0 saturated carbocycles. The van der Waals surface area contributed by atoms with Gasteiger partial charge in [0, 0.05) is 0 Å². The number of rotatable bonds is 6. The third-order valence-corrected chi connectivity index (χ3v) is 2.13. The lowest BCUT2D eigenvalue weighted by atomic mass is 9.91. The topological polar surface area (TPSA) is 89.3 Å². The summed E-state index contributed by atoms with van der Waals surface area (Å²) in [6.07, 6.45) is 2.60. The molecule has 0 heterocycles. The van der Waals surface area contributed by atoms with Crippen LogP contribution in [0.25, 0.3) is 0 Å². The summed E-state index contributed by atoms with van der Waals surface area (Å²) in [5.41, 5.74) is 9.88. The van der Waals surface area contributed by atoms with Crippen LogP contribution < -0.4 is 11.5 Å². The summed E-state index contributed by atoms with van der Waals surface area (Å²) in [5.74, 6) is -0.915. The average molecular weight is 174 g/mol. The first-order valence-corrected chi connectivity index (χ1v) is 4.29. The summed E-state index contributed by atoms with van der Waals surface area (Å²) < 4.78 is 0. The van der Waals surface area contributed by atoms with E-state index in [1.165, 1.54) is 0 Å². The van der Waals surface area contributed by atoms with Gasteiger partial charge in [-0.05, 0) is 32.2 Å². The lowest BCUT2D eigenvalue weighted by molar-refractivity contribution is -0.143. The molecule has 4 nitrogen and oxygen atoms in total. The van der Waals surface area contributed by atoms with Gasteiger partial charge in [-0.15, -0.1) is 0 Å². The molecule has 0 amide bonds. The minimum absolute atomic E-state index is 0.465. The Morgan fingerprint density at radius 2 is 2.08 bits per heavy atom. The maximum absolute atomic E-state index is 10.7. The van der Waals surface area contributed by atoms with E-state index >= 15 is 0 Å². The molecule has 12 heavy (non-hydrogen) atoms. The van der Waals surface area contributed by atoms with Gasteiger partial charge < -0.3 is 16.6 Å². The summed E-state index contributed by atoms with van der Waals surface area (Å²) in [7, 11) is 0. The third kappa shape index (κ3) is 3.19. The van der Waals surface area contributed by atoms with Crippen molar-refractivity contribution in [2.45, 2.75) is 38.1 Å². The second-order valence-electron chi connectivity index (χ2n) is 3.06. The lowest BCUT2D eigenvalue weighted by Gasteiger charge is -2.22. The molecule has 0 aliphatic rings. The summed E-state index contributed by atoms with van der Waals surface area (Å²) in [4.78, 5) is 10.7. The van der Waals surface area contributed by atoms with E-state index < -0.39 is 11.5 Å². The van der Waals surface area contributed by atoms with Gasteiger partial charge in [0.25, 0.3) is 0 Å². The Bertz CT molecular complexity index is 150. The van der Waals surface area contributed by atoms with E-state index in [0.717, 1.165) is 12.8 Å². The smallest absolute Gasteiger partial charge is 0.323 e. The highest BCUT2D eigenvalue weighted by molar-refractivity contribution is 5.78. The van der Waals surface area contributed by atoms with Crippen molar-refractivity contribution in [3.8, 4) is 0 Å². The highest BCUT2D eigenvalue weighted by Crippen LogP contribution is 2.15. The first kappa shape index (κ1) is 11.4. The zero-order chi connectivity index (χ0) is 9.61. The number of carboxylic acids is 1. The van der Waals surface area contributed by atoms with Crippen molar-refractivity contribution in [2.24, 2.45) is 11.5 Å². The predicted octanol–water partition coefficient (Wildman–Crippen LogP) is 0.308. The highest BCUT2D eigenvalue weighted by atomic mass is 16.4. The highest BCUT2D eigenvalue weighted by Gasteiger charge is 2.30. The molecule has 0 bridgehead atoms. The molecule has 72 valence electrons. The third-order valence-electron chi connectivity index (χ3n) is 2.13. The van der Waals surface area contributed by atoms with Crippen molar-refractivity contribution < 1.29 is 9.90 Å². The fourth-order valence-corrected chi connectivity index (χ4v) is 1.02. The van der Waals surface area contributed by atoms with Crippen LogP contribution in [0, 0.1) is 0 Å². The molecule has 4 heteroatoms. The molecule has 5 N–H and O–H groups in total. The van der Waals surface area contributed by atoms with Crippen molar-refractivity contribution in [3.05, 3.63) is 0 Å². The minimum atomic E-state index is -1.05. The van der Waals surface area contributed by atoms with Crippen LogP contribution in [0.1, 0.15) is 32.6 Å². The molecule has 0 rings (SSSR count). The van der Waals surface area contributed by atoms with Crippen LogP contribution >= 0.6 is 0 Å². The number of unbranched alkanes of at least 4 members (excludes halogenated alkanes) is 1. The SMILES string of the molecule is CC[C@](N)(CCCCN)C(=O)O. The molecule has 0 unspecified atom stereocenters. The number of nitrogens with two attached hydrogens (primary N) is 2. The van der Waals surface area contributed by atoms with E-state index in [0.29, 0.717) is 19.4 Å². The van der Waals surface area contributed by atoms with Crippen LogP contribution in [-0.2, 0) is 4.79 Å². The summed E-state index contributed by atoms with van der Waals surface area (Å²) in [5, 5.41) is 8.78. The molecule has 0 aliphatic heterocycles. The zero-order valence-electron chi connectivity index (χ0n) is 7.55. The molecular weight excluding hydrogens is 156 g/mol. The molecule has 0 fully saturated rings. The molecule has 0 aromatic rings. The molecule has 0 aromatic heterocycles. The number of carbonyl (C=O) groups is 1. The van der Waals surface area contributed by atoms with E-state index in [4.69, 9.17) is 16.6 Å². The van der Waals surface area contributed by atoms with Gasteiger partial charge in [-0.25, -0.2) is 0 Å². The van der Waals surface area contributed by atoms with Crippen LogP contribution in [0.5, 0.6) is 0 Å². The fraction of sp³-hybridized carbons (Fsp3) is 0.875. The minimum Gasteiger partial charge on any atom is -0.480 e. The van der Waals surface area contributed by atoms with Crippen LogP contribution in [0.15, 0.2) is 0 Å². The average Bonchev–Trinajstić information content (AvgIpc) is 2.04. The standard InChI is InChI=1S/C8H18N2O2/c1-2-8(10,7(11)12)5-3-4-6-9/h2-6,9-10H2,1H3,(H,11,12)/t8-/m0/s1. The Morgan fingerprint density at radius 1 is 1.50 bits per heavy atom. The van der Waals surface area contributed by atoms with Gasteiger partial charge in [-0.1, -0.05) is 6.92 Å². The maximum atomic E-state index is 10.7. The van der Waals surface area contributed by atoms with Crippen LogP contribution in [0.3, 0.4) is 0 Å². The first-order valence-electron chi connectivity index (χ1n) is 4.29. The van der Waals surface area contributed by atoms with E-state index in [2.05, 4.69) is 0 Å². The van der Waals surface area contributed by atoms with Gasteiger partial charge >= 0.3 is 5.97 Å². The number of carboxylic acid groups (broad SMARTS) is 1. The van der Waals surface area contributed by atoms with Crippen molar-refractivity contribution >= 4 is 5.97 Å². The van der Waals surface area contributed by atoms with Gasteiger partial charge in [0.05, 0.1) is 0 Å².